The molecule has 2 nitrogen and oxygen atoms in total. The lowest BCUT2D eigenvalue weighted by Crippen LogP contribution is -2.11. The monoisotopic (exact) mass is 211 g/mol. The van der Waals surface area contributed by atoms with Crippen molar-refractivity contribution in [2.24, 2.45) is 0 Å². The molecule has 0 amide bonds. The van der Waals surface area contributed by atoms with Gasteiger partial charge >= 0.3 is 0 Å². The van der Waals surface area contributed by atoms with Gasteiger partial charge in [-0.25, -0.2) is 4.39 Å². The minimum absolute atomic E-state index is 0.631. The molecule has 0 saturated heterocycles. The first-order valence-corrected chi connectivity index (χ1v) is 5.15. The molecule has 84 valence electrons. The van der Waals surface area contributed by atoms with Crippen LogP contribution in [-0.2, 0) is 6.42 Å². The molecular weight excluding hydrogens is 193 g/mol. The molecule has 0 aromatic heterocycles. The van der Waals surface area contributed by atoms with E-state index in [1.807, 2.05) is 19.2 Å². The van der Waals surface area contributed by atoms with Gasteiger partial charge in [0.25, 0.3) is 0 Å². The maximum absolute atomic E-state index is 13.3. The Bertz CT molecular complexity index is 312. The summed E-state index contributed by atoms with van der Waals surface area (Å²) in [6.07, 6.45) is -0.144. The second kappa shape index (κ2) is 5.71. The van der Waals surface area contributed by atoms with E-state index in [0.29, 0.717) is 11.3 Å². The summed E-state index contributed by atoms with van der Waals surface area (Å²) in [5.41, 5.74) is 1.68. The van der Waals surface area contributed by atoms with Gasteiger partial charge in [-0.15, -0.1) is 0 Å². The van der Waals surface area contributed by atoms with Crippen LogP contribution >= 0.6 is 0 Å². The third kappa shape index (κ3) is 2.93. The highest BCUT2D eigenvalue weighted by Gasteiger charge is 2.13. The van der Waals surface area contributed by atoms with Crippen molar-refractivity contribution < 1.29 is 9.13 Å². The number of para-hydroxylation sites is 1. The van der Waals surface area contributed by atoms with Gasteiger partial charge in [0.15, 0.2) is 0 Å². The molecule has 0 aliphatic carbocycles. The SMILES string of the molecule is CNCCc1cccc(C(C)F)c1OC. The fourth-order valence-electron chi connectivity index (χ4n) is 1.62. The van der Waals surface area contributed by atoms with Crippen LogP contribution in [0.3, 0.4) is 0 Å². The van der Waals surface area contributed by atoms with Crippen LogP contribution in [0.5, 0.6) is 5.75 Å². The molecule has 0 heterocycles. The molecule has 0 saturated carbocycles. The first-order chi connectivity index (χ1) is 7.20. The van der Waals surface area contributed by atoms with Crippen LogP contribution < -0.4 is 10.1 Å². The molecule has 1 atom stereocenters. The van der Waals surface area contributed by atoms with Crippen molar-refractivity contribution in [1.29, 1.82) is 0 Å². The first kappa shape index (κ1) is 12.0. The van der Waals surface area contributed by atoms with Crippen LogP contribution in [0, 0.1) is 0 Å². The van der Waals surface area contributed by atoms with E-state index >= 15 is 0 Å². The van der Waals surface area contributed by atoms with E-state index in [2.05, 4.69) is 5.32 Å². The van der Waals surface area contributed by atoms with E-state index in [-0.39, 0.29) is 0 Å². The van der Waals surface area contributed by atoms with E-state index in [1.165, 1.54) is 6.92 Å². The second-order valence-electron chi connectivity index (χ2n) is 3.51. The van der Waals surface area contributed by atoms with Crippen molar-refractivity contribution in [3.05, 3.63) is 29.3 Å². The lowest BCUT2D eigenvalue weighted by molar-refractivity contribution is 0.344. The van der Waals surface area contributed by atoms with E-state index in [1.54, 1.807) is 13.2 Å². The first-order valence-electron chi connectivity index (χ1n) is 5.15. The molecule has 1 rings (SSSR count). The van der Waals surface area contributed by atoms with Gasteiger partial charge in [-0.1, -0.05) is 18.2 Å². The van der Waals surface area contributed by atoms with Crippen LogP contribution in [0.2, 0.25) is 0 Å². The van der Waals surface area contributed by atoms with Crippen molar-refractivity contribution in [2.75, 3.05) is 20.7 Å². The van der Waals surface area contributed by atoms with Gasteiger partial charge in [0.05, 0.1) is 7.11 Å². The molecule has 0 fully saturated rings. The average molecular weight is 211 g/mol. The predicted octanol–water partition coefficient (Wildman–Crippen LogP) is 2.49. The minimum atomic E-state index is -0.991. The van der Waals surface area contributed by atoms with Gasteiger partial charge < -0.3 is 10.1 Å². The van der Waals surface area contributed by atoms with Gasteiger partial charge in [0.1, 0.15) is 11.9 Å². The molecule has 1 unspecified atom stereocenters. The average Bonchev–Trinajstić information content (AvgIpc) is 2.25. The molecule has 0 radical (unpaired) electrons. The third-order valence-electron chi connectivity index (χ3n) is 2.40. The summed E-state index contributed by atoms with van der Waals surface area (Å²) in [6, 6.07) is 5.62. The van der Waals surface area contributed by atoms with Crippen molar-refractivity contribution in [3.8, 4) is 5.75 Å². The number of hydrogen-bond donors (Lipinski definition) is 1. The Labute approximate surface area is 90.4 Å². The zero-order valence-corrected chi connectivity index (χ0v) is 9.51. The van der Waals surface area contributed by atoms with Crippen LogP contribution in [-0.4, -0.2) is 20.7 Å². The maximum Gasteiger partial charge on any atom is 0.128 e. The zero-order valence-electron chi connectivity index (χ0n) is 9.51. The molecule has 1 aromatic rings. The Morgan fingerprint density at radius 2 is 2.20 bits per heavy atom. The Morgan fingerprint density at radius 3 is 2.73 bits per heavy atom. The lowest BCUT2D eigenvalue weighted by Gasteiger charge is -2.14. The summed E-state index contributed by atoms with van der Waals surface area (Å²) in [5, 5.41) is 3.07. The summed E-state index contributed by atoms with van der Waals surface area (Å²) in [5.74, 6) is 0.683. The Morgan fingerprint density at radius 1 is 1.47 bits per heavy atom. The molecule has 0 aliphatic rings. The predicted molar refractivity (Wildman–Crippen MR) is 60.1 cm³/mol. The van der Waals surface area contributed by atoms with Crippen molar-refractivity contribution in [3.63, 3.8) is 0 Å². The van der Waals surface area contributed by atoms with Crippen LogP contribution in [0.4, 0.5) is 4.39 Å². The largest absolute Gasteiger partial charge is 0.496 e. The number of benzene rings is 1. The molecular formula is C12H18FNO. The van der Waals surface area contributed by atoms with Crippen LogP contribution in [0.1, 0.15) is 24.2 Å². The number of hydrogen-bond acceptors (Lipinski definition) is 2. The number of likely N-dealkylation sites (N-methyl/N-ethyl adjacent to an activating group) is 1. The second-order valence-corrected chi connectivity index (χ2v) is 3.51. The summed E-state index contributed by atoms with van der Waals surface area (Å²) in [6.45, 7) is 2.39. The molecule has 3 heteroatoms. The summed E-state index contributed by atoms with van der Waals surface area (Å²) >= 11 is 0. The van der Waals surface area contributed by atoms with Crippen LogP contribution in [0.15, 0.2) is 18.2 Å². The van der Waals surface area contributed by atoms with E-state index < -0.39 is 6.17 Å². The van der Waals surface area contributed by atoms with Crippen molar-refractivity contribution >= 4 is 0 Å². The zero-order chi connectivity index (χ0) is 11.3. The van der Waals surface area contributed by atoms with Crippen molar-refractivity contribution in [1.82, 2.24) is 5.32 Å². The molecule has 0 spiro atoms. The number of alkyl halides is 1. The summed E-state index contributed by atoms with van der Waals surface area (Å²) < 4.78 is 18.6. The normalized spacial score (nSPS) is 12.5. The number of halogens is 1. The fraction of sp³-hybridized carbons (Fsp3) is 0.500. The Balaban J connectivity index is 2.99. The van der Waals surface area contributed by atoms with Crippen LogP contribution in [0.25, 0.3) is 0 Å². The highest BCUT2D eigenvalue weighted by molar-refractivity contribution is 5.42. The van der Waals surface area contributed by atoms with E-state index in [4.69, 9.17) is 4.74 Å². The summed E-state index contributed by atoms with van der Waals surface area (Å²) in [4.78, 5) is 0. The maximum atomic E-state index is 13.3. The summed E-state index contributed by atoms with van der Waals surface area (Å²) in [7, 11) is 3.48. The fourth-order valence-corrected chi connectivity index (χ4v) is 1.62. The van der Waals surface area contributed by atoms with E-state index in [0.717, 1.165) is 18.5 Å². The number of methoxy groups -OCH3 is 1. The third-order valence-corrected chi connectivity index (χ3v) is 2.40. The lowest BCUT2D eigenvalue weighted by atomic mass is 10.0. The Kier molecular flexibility index (Phi) is 4.56. The highest BCUT2D eigenvalue weighted by Crippen LogP contribution is 2.30. The van der Waals surface area contributed by atoms with Gasteiger partial charge in [-0.2, -0.15) is 0 Å². The topological polar surface area (TPSA) is 21.3 Å². The molecule has 1 aromatic carbocycles. The number of rotatable bonds is 5. The van der Waals surface area contributed by atoms with E-state index in [9.17, 15) is 4.39 Å². The number of ether oxygens (including phenoxy) is 1. The van der Waals surface area contributed by atoms with Gasteiger partial charge in [0, 0.05) is 5.56 Å². The van der Waals surface area contributed by atoms with Gasteiger partial charge in [-0.05, 0) is 32.5 Å². The standard InChI is InChI=1S/C12H18FNO/c1-9(13)11-6-4-5-10(7-8-14-2)12(11)15-3/h4-6,9,14H,7-8H2,1-3H3. The quantitative estimate of drug-likeness (QED) is 0.808. The minimum Gasteiger partial charge on any atom is -0.496 e. The highest BCUT2D eigenvalue weighted by atomic mass is 19.1. The molecule has 0 aliphatic heterocycles. The van der Waals surface area contributed by atoms with Gasteiger partial charge in [0.2, 0.25) is 0 Å². The molecule has 0 bridgehead atoms. The molecule has 1 N–H and O–H groups in total. The molecule has 15 heavy (non-hydrogen) atoms. The number of nitrogens with one attached hydrogen (secondary N) is 1. The Hall–Kier alpha value is -1.09. The van der Waals surface area contributed by atoms with Crippen molar-refractivity contribution in [2.45, 2.75) is 19.5 Å². The van der Waals surface area contributed by atoms with Gasteiger partial charge in [-0.3, -0.25) is 0 Å². The smallest absolute Gasteiger partial charge is 0.128 e.